The fourth-order valence-corrected chi connectivity index (χ4v) is 2.38. The van der Waals surface area contributed by atoms with Crippen molar-refractivity contribution in [3.63, 3.8) is 0 Å². The van der Waals surface area contributed by atoms with E-state index < -0.39 is 4.92 Å². The Hall–Kier alpha value is -3.87. The van der Waals surface area contributed by atoms with Crippen LogP contribution in [0.1, 0.15) is 10.4 Å². The zero-order chi connectivity index (χ0) is 18.5. The summed E-state index contributed by atoms with van der Waals surface area (Å²) in [5, 5.41) is 16.7. The Bertz CT molecular complexity index is 938. The fraction of sp³-hybridized carbons (Fsp3) is 0. The highest BCUT2D eigenvalue weighted by atomic mass is 16.6. The zero-order valence-electron chi connectivity index (χ0n) is 13.7. The van der Waals surface area contributed by atoms with Gasteiger partial charge in [-0.3, -0.25) is 14.9 Å². The third-order valence-corrected chi connectivity index (χ3v) is 3.70. The largest absolute Gasteiger partial charge is 0.399 e. The van der Waals surface area contributed by atoms with E-state index in [1.54, 1.807) is 60.7 Å². The molecule has 0 radical (unpaired) electrons. The average molecular weight is 348 g/mol. The van der Waals surface area contributed by atoms with Crippen LogP contribution in [-0.2, 0) is 0 Å². The second kappa shape index (κ2) is 7.35. The normalized spacial score (nSPS) is 10.2. The van der Waals surface area contributed by atoms with Gasteiger partial charge in [0.15, 0.2) is 0 Å². The molecule has 1 amide bonds. The van der Waals surface area contributed by atoms with E-state index in [4.69, 9.17) is 5.73 Å². The first-order chi connectivity index (χ1) is 12.5. The Labute approximate surface area is 149 Å². The van der Waals surface area contributed by atoms with Gasteiger partial charge < -0.3 is 16.4 Å². The van der Waals surface area contributed by atoms with Crippen LogP contribution < -0.4 is 16.4 Å². The molecule has 130 valence electrons. The number of nitrogens with one attached hydrogen (secondary N) is 2. The first kappa shape index (κ1) is 17.0. The molecule has 26 heavy (non-hydrogen) atoms. The number of non-ortho nitro benzene ring substituents is 1. The van der Waals surface area contributed by atoms with Gasteiger partial charge in [0.1, 0.15) is 0 Å². The number of nitro benzene ring substituents is 1. The van der Waals surface area contributed by atoms with Gasteiger partial charge in [0, 0.05) is 29.2 Å². The molecule has 3 rings (SSSR count). The number of para-hydroxylation sites is 1. The van der Waals surface area contributed by atoms with E-state index in [0.29, 0.717) is 28.3 Å². The van der Waals surface area contributed by atoms with E-state index in [-0.39, 0.29) is 11.6 Å². The monoisotopic (exact) mass is 348 g/mol. The Balaban J connectivity index is 1.80. The highest BCUT2D eigenvalue weighted by molar-refractivity contribution is 6.08. The highest BCUT2D eigenvalue weighted by Crippen LogP contribution is 2.24. The lowest BCUT2D eigenvalue weighted by Gasteiger charge is -2.12. The minimum absolute atomic E-state index is 0.00456. The van der Waals surface area contributed by atoms with Crippen LogP contribution in [0.2, 0.25) is 0 Å². The molecule has 0 saturated heterocycles. The van der Waals surface area contributed by atoms with Crippen molar-refractivity contribution in [1.82, 2.24) is 0 Å². The summed E-state index contributed by atoms with van der Waals surface area (Å²) in [5.41, 5.74) is 8.58. The van der Waals surface area contributed by atoms with E-state index in [0.717, 1.165) is 0 Å². The van der Waals surface area contributed by atoms with Crippen LogP contribution in [-0.4, -0.2) is 10.8 Å². The molecular weight excluding hydrogens is 332 g/mol. The number of hydrogen-bond donors (Lipinski definition) is 3. The van der Waals surface area contributed by atoms with Gasteiger partial charge in [-0.05, 0) is 48.5 Å². The Morgan fingerprint density at radius 2 is 1.50 bits per heavy atom. The molecule has 0 unspecified atom stereocenters. The number of amides is 1. The maximum atomic E-state index is 12.6. The van der Waals surface area contributed by atoms with Crippen molar-refractivity contribution in [2.45, 2.75) is 0 Å². The lowest BCUT2D eigenvalue weighted by atomic mass is 10.1. The van der Waals surface area contributed by atoms with E-state index >= 15 is 0 Å². The summed E-state index contributed by atoms with van der Waals surface area (Å²) in [6, 6.07) is 19.9. The van der Waals surface area contributed by atoms with Crippen molar-refractivity contribution < 1.29 is 9.72 Å². The molecule has 0 saturated carbocycles. The molecule has 0 atom stereocenters. The molecule has 0 spiro atoms. The van der Waals surface area contributed by atoms with Gasteiger partial charge >= 0.3 is 0 Å². The number of carbonyl (C=O) groups is 1. The van der Waals surface area contributed by atoms with Crippen LogP contribution in [0.25, 0.3) is 0 Å². The van der Waals surface area contributed by atoms with Crippen molar-refractivity contribution >= 4 is 34.3 Å². The lowest BCUT2D eigenvalue weighted by Crippen LogP contribution is -2.13. The molecule has 7 heteroatoms. The first-order valence-corrected chi connectivity index (χ1v) is 7.80. The van der Waals surface area contributed by atoms with E-state index in [1.807, 2.05) is 0 Å². The predicted octanol–water partition coefficient (Wildman–Crippen LogP) is 4.17. The SMILES string of the molecule is Nc1ccc(NC(=O)c2ccccc2Nc2ccc([N+](=O)[O-])cc2)cc1. The van der Waals surface area contributed by atoms with Crippen LogP contribution >= 0.6 is 0 Å². The number of rotatable bonds is 5. The van der Waals surface area contributed by atoms with Gasteiger partial charge in [-0.15, -0.1) is 0 Å². The molecule has 0 fully saturated rings. The number of nitrogens with two attached hydrogens (primary N) is 1. The number of benzene rings is 3. The molecule has 0 aliphatic rings. The summed E-state index contributed by atoms with van der Waals surface area (Å²) in [4.78, 5) is 22.9. The van der Waals surface area contributed by atoms with Crippen molar-refractivity contribution in [3.05, 3.63) is 88.5 Å². The second-order valence-electron chi connectivity index (χ2n) is 5.55. The van der Waals surface area contributed by atoms with Crippen LogP contribution in [0.5, 0.6) is 0 Å². The van der Waals surface area contributed by atoms with Crippen LogP contribution in [0.4, 0.5) is 28.4 Å². The summed E-state index contributed by atoms with van der Waals surface area (Å²) >= 11 is 0. The Kier molecular flexibility index (Phi) is 4.80. The lowest BCUT2D eigenvalue weighted by molar-refractivity contribution is -0.384. The number of carbonyl (C=O) groups excluding carboxylic acids is 1. The molecular formula is C19H16N4O3. The minimum atomic E-state index is -0.461. The highest BCUT2D eigenvalue weighted by Gasteiger charge is 2.12. The second-order valence-corrected chi connectivity index (χ2v) is 5.55. The molecule has 0 aliphatic carbocycles. The summed E-state index contributed by atoms with van der Waals surface area (Å²) in [6.45, 7) is 0. The van der Waals surface area contributed by atoms with Crippen molar-refractivity contribution in [1.29, 1.82) is 0 Å². The average Bonchev–Trinajstić information content (AvgIpc) is 2.64. The predicted molar refractivity (Wildman–Crippen MR) is 102 cm³/mol. The maximum Gasteiger partial charge on any atom is 0.269 e. The third kappa shape index (κ3) is 3.96. The van der Waals surface area contributed by atoms with Gasteiger partial charge in [-0.25, -0.2) is 0 Å². The molecule has 0 aliphatic heterocycles. The molecule has 0 bridgehead atoms. The third-order valence-electron chi connectivity index (χ3n) is 3.70. The summed E-state index contributed by atoms with van der Waals surface area (Å²) in [5.74, 6) is -0.278. The fourth-order valence-electron chi connectivity index (χ4n) is 2.38. The molecule has 0 aromatic heterocycles. The zero-order valence-corrected chi connectivity index (χ0v) is 13.7. The van der Waals surface area contributed by atoms with Crippen LogP contribution in [0.3, 0.4) is 0 Å². The summed E-state index contributed by atoms with van der Waals surface area (Å²) in [6.07, 6.45) is 0. The Morgan fingerprint density at radius 1 is 0.885 bits per heavy atom. The smallest absolute Gasteiger partial charge is 0.269 e. The van der Waals surface area contributed by atoms with E-state index in [2.05, 4.69) is 10.6 Å². The molecule has 0 heterocycles. The molecule has 7 nitrogen and oxygen atoms in total. The van der Waals surface area contributed by atoms with Crippen LogP contribution in [0.15, 0.2) is 72.8 Å². The van der Waals surface area contributed by atoms with Gasteiger partial charge in [-0.2, -0.15) is 0 Å². The molecule has 4 N–H and O–H groups in total. The minimum Gasteiger partial charge on any atom is -0.399 e. The quantitative estimate of drug-likeness (QED) is 0.364. The number of anilines is 4. The standard InChI is InChI=1S/C19H16N4O3/c20-13-5-7-15(8-6-13)22-19(24)17-3-1-2-4-18(17)21-14-9-11-16(12-10-14)23(25)26/h1-12,21H,20H2,(H,22,24). The van der Waals surface area contributed by atoms with Crippen molar-refractivity contribution in [3.8, 4) is 0 Å². The first-order valence-electron chi connectivity index (χ1n) is 7.80. The van der Waals surface area contributed by atoms with Gasteiger partial charge in [0.05, 0.1) is 16.2 Å². The number of nitrogens with zero attached hydrogens (tertiary/aromatic N) is 1. The molecule has 3 aromatic carbocycles. The van der Waals surface area contributed by atoms with Gasteiger partial charge in [0.25, 0.3) is 11.6 Å². The number of nitrogen functional groups attached to an aromatic ring is 1. The molecule has 3 aromatic rings. The summed E-state index contributed by atoms with van der Waals surface area (Å²) in [7, 11) is 0. The van der Waals surface area contributed by atoms with E-state index in [9.17, 15) is 14.9 Å². The van der Waals surface area contributed by atoms with Crippen LogP contribution in [0, 0.1) is 10.1 Å². The van der Waals surface area contributed by atoms with Gasteiger partial charge in [0.2, 0.25) is 0 Å². The van der Waals surface area contributed by atoms with Gasteiger partial charge in [-0.1, -0.05) is 12.1 Å². The van der Waals surface area contributed by atoms with Crippen molar-refractivity contribution in [2.24, 2.45) is 0 Å². The van der Waals surface area contributed by atoms with E-state index in [1.165, 1.54) is 12.1 Å². The topological polar surface area (TPSA) is 110 Å². The maximum absolute atomic E-state index is 12.6. The number of hydrogen-bond acceptors (Lipinski definition) is 5. The number of nitro groups is 1. The summed E-state index contributed by atoms with van der Waals surface area (Å²) < 4.78 is 0. The Morgan fingerprint density at radius 3 is 2.15 bits per heavy atom. The van der Waals surface area contributed by atoms with Crippen molar-refractivity contribution in [2.75, 3.05) is 16.4 Å².